The summed E-state index contributed by atoms with van der Waals surface area (Å²) in [7, 11) is 0. The SMILES string of the molecule is C[C@@H](Oc1ccc(Cl)cc1Cl)C(=O)N[C@@H](Cc1ccccc1)C(=O)N/N=C\c1ccc(OCc2ccc(Cl)c(Cl)c2)c(Br)c1. The number of benzene rings is 4. The summed E-state index contributed by atoms with van der Waals surface area (Å²) in [5.41, 5.74) is 4.94. The van der Waals surface area contributed by atoms with Gasteiger partial charge in [0.25, 0.3) is 11.8 Å². The third-order valence-electron chi connectivity index (χ3n) is 6.21. The molecule has 0 heterocycles. The average molecular weight is 738 g/mol. The fraction of sp³-hybridized carbons (Fsp3) is 0.156. The molecule has 4 aromatic carbocycles. The normalized spacial score (nSPS) is 12.4. The zero-order chi connectivity index (χ0) is 31.6. The highest BCUT2D eigenvalue weighted by molar-refractivity contribution is 9.10. The van der Waals surface area contributed by atoms with Gasteiger partial charge in [0.15, 0.2) is 6.10 Å². The Labute approximate surface area is 283 Å². The molecule has 228 valence electrons. The number of carbonyl (C=O) groups excluding carboxylic acids is 2. The van der Waals surface area contributed by atoms with Gasteiger partial charge in [-0.25, -0.2) is 5.43 Å². The first-order valence-electron chi connectivity index (χ1n) is 13.2. The summed E-state index contributed by atoms with van der Waals surface area (Å²) in [4.78, 5) is 26.2. The first-order chi connectivity index (χ1) is 21.1. The molecule has 0 unspecified atom stereocenters. The van der Waals surface area contributed by atoms with E-state index in [0.29, 0.717) is 43.2 Å². The van der Waals surface area contributed by atoms with Gasteiger partial charge in [0.05, 0.1) is 25.8 Å². The molecule has 4 aromatic rings. The topological polar surface area (TPSA) is 89.0 Å². The molecule has 0 aliphatic carbocycles. The summed E-state index contributed by atoms with van der Waals surface area (Å²) < 4.78 is 12.3. The van der Waals surface area contributed by atoms with Gasteiger partial charge in [-0.15, -0.1) is 0 Å². The number of carbonyl (C=O) groups is 2. The Morgan fingerprint density at radius 3 is 2.30 bits per heavy atom. The van der Waals surface area contributed by atoms with Crippen LogP contribution < -0.4 is 20.2 Å². The van der Waals surface area contributed by atoms with Gasteiger partial charge in [0.2, 0.25) is 0 Å². The third-order valence-corrected chi connectivity index (χ3v) is 8.09. The van der Waals surface area contributed by atoms with Crippen molar-refractivity contribution in [2.75, 3.05) is 0 Å². The van der Waals surface area contributed by atoms with E-state index >= 15 is 0 Å². The highest BCUT2D eigenvalue weighted by Crippen LogP contribution is 2.29. The fourth-order valence-electron chi connectivity index (χ4n) is 3.92. The van der Waals surface area contributed by atoms with Gasteiger partial charge < -0.3 is 14.8 Å². The van der Waals surface area contributed by atoms with Gasteiger partial charge in [-0.2, -0.15) is 5.10 Å². The van der Waals surface area contributed by atoms with Crippen molar-refractivity contribution in [3.63, 3.8) is 0 Å². The van der Waals surface area contributed by atoms with Crippen LogP contribution in [-0.4, -0.2) is 30.2 Å². The van der Waals surface area contributed by atoms with E-state index in [9.17, 15) is 9.59 Å². The van der Waals surface area contributed by atoms with Crippen LogP contribution in [0, 0.1) is 0 Å². The maximum Gasteiger partial charge on any atom is 0.262 e. The lowest BCUT2D eigenvalue weighted by molar-refractivity contribution is -0.132. The van der Waals surface area contributed by atoms with Crippen LogP contribution in [0.2, 0.25) is 20.1 Å². The van der Waals surface area contributed by atoms with Crippen LogP contribution in [0.5, 0.6) is 11.5 Å². The molecule has 4 rings (SSSR count). The van der Waals surface area contributed by atoms with Gasteiger partial charge in [0.1, 0.15) is 24.1 Å². The van der Waals surface area contributed by atoms with Crippen molar-refractivity contribution in [3.05, 3.63) is 126 Å². The number of nitrogens with zero attached hydrogens (tertiary/aromatic N) is 1. The second-order valence-electron chi connectivity index (χ2n) is 9.55. The molecule has 7 nitrogen and oxygen atoms in total. The van der Waals surface area contributed by atoms with Crippen LogP contribution in [0.3, 0.4) is 0 Å². The van der Waals surface area contributed by atoms with Crippen LogP contribution >= 0.6 is 62.3 Å². The van der Waals surface area contributed by atoms with Crippen molar-refractivity contribution in [2.45, 2.75) is 32.1 Å². The number of hydrogen-bond donors (Lipinski definition) is 2. The molecule has 0 aromatic heterocycles. The molecular formula is C32H26BrCl4N3O4. The molecule has 2 amide bonds. The largest absolute Gasteiger partial charge is 0.488 e. The summed E-state index contributed by atoms with van der Waals surface area (Å²) in [5.74, 6) is -0.101. The standard InChI is InChI=1S/C32H26BrCl4N3O4/c1-19(44-30-12-9-23(34)16-27(30)37)31(41)39-28(15-20-5-3-2-4-6-20)32(42)40-38-17-21-8-11-29(24(33)13-21)43-18-22-7-10-25(35)26(36)14-22/h2-14,16-17,19,28H,15,18H2,1H3,(H,39,41)(H,40,42)/b38-17-/t19-,28+/m1/s1. The second kappa shape index (κ2) is 16.2. The van der Waals surface area contributed by atoms with Gasteiger partial charge in [-0.1, -0.05) is 82.8 Å². The Kier molecular flexibility index (Phi) is 12.3. The highest BCUT2D eigenvalue weighted by atomic mass is 79.9. The van der Waals surface area contributed by atoms with Crippen LogP contribution in [0.4, 0.5) is 0 Å². The highest BCUT2D eigenvalue weighted by Gasteiger charge is 2.25. The van der Waals surface area contributed by atoms with E-state index in [1.807, 2.05) is 36.4 Å². The Hall–Kier alpha value is -3.27. The van der Waals surface area contributed by atoms with Crippen molar-refractivity contribution in [2.24, 2.45) is 5.10 Å². The average Bonchev–Trinajstić information content (AvgIpc) is 3.00. The Morgan fingerprint density at radius 2 is 1.59 bits per heavy atom. The maximum atomic E-state index is 13.2. The lowest BCUT2D eigenvalue weighted by Crippen LogP contribution is -2.50. The van der Waals surface area contributed by atoms with Crippen LogP contribution in [0.1, 0.15) is 23.6 Å². The first kappa shape index (κ1) is 33.6. The van der Waals surface area contributed by atoms with E-state index < -0.39 is 24.0 Å². The monoisotopic (exact) mass is 735 g/mol. The Balaban J connectivity index is 1.38. The van der Waals surface area contributed by atoms with Crippen molar-refractivity contribution in [1.29, 1.82) is 0 Å². The molecule has 0 radical (unpaired) electrons. The van der Waals surface area contributed by atoms with E-state index in [0.717, 1.165) is 11.1 Å². The Bertz CT molecular complexity index is 1660. The summed E-state index contributed by atoms with van der Waals surface area (Å²) in [6.07, 6.45) is 0.776. The minimum absolute atomic E-state index is 0.235. The number of ether oxygens (including phenoxy) is 2. The molecule has 0 aliphatic heterocycles. The number of amides is 2. The minimum Gasteiger partial charge on any atom is -0.488 e. The fourth-order valence-corrected chi connectivity index (χ4v) is 5.20. The first-order valence-corrected chi connectivity index (χ1v) is 15.5. The predicted molar refractivity (Wildman–Crippen MR) is 179 cm³/mol. The lowest BCUT2D eigenvalue weighted by atomic mass is 10.1. The van der Waals surface area contributed by atoms with Crippen LogP contribution in [-0.2, 0) is 22.6 Å². The molecule has 0 fully saturated rings. The predicted octanol–water partition coefficient (Wildman–Crippen LogP) is 8.29. The number of rotatable bonds is 12. The van der Waals surface area contributed by atoms with E-state index in [4.69, 9.17) is 55.9 Å². The molecule has 2 N–H and O–H groups in total. The second-order valence-corrected chi connectivity index (χ2v) is 12.1. The molecule has 0 spiro atoms. The van der Waals surface area contributed by atoms with E-state index in [2.05, 4.69) is 31.8 Å². The van der Waals surface area contributed by atoms with Crippen molar-refractivity contribution >= 4 is 80.4 Å². The number of hydrazone groups is 1. The zero-order valence-corrected chi connectivity index (χ0v) is 27.8. The van der Waals surface area contributed by atoms with Gasteiger partial charge in [-0.3, -0.25) is 9.59 Å². The van der Waals surface area contributed by atoms with Crippen LogP contribution in [0.25, 0.3) is 0 Å². The van der Waals surface area contributed by atoms with Gasteiger partial charge in [-0.05, 0) is 88.1 Å². The van der Waals surface area contributed by atoms with Gasteiger partial charge >= 0.3 is 0 Å². The molecule has 0 aliphatic rings. The summed E-state index contributed by atoms with van der Waals surface area (Å²) in [5, 5.41) is 8.50. The summed E-state index contributed by atoms with van der Waals surface area (Å²) >= 11 is 27.7. The smallest absolute Gasteiger partial charge is 0.262 e. The summed E-state index contributed by atoms with van der Waals surface area (Å²) in [6, 6.07) is 23.7. The molecule has 2 atom stereocenters. The molecule has 44 heavy (non-hydrogen) atoms. The molecule has 0 saturated carbocycles. The van der Waals surface area contributed by atoms with Gasteiger partial charge in [0, 0.05) is 11.4 Å². The number of halogens is 5. The van der Waals surface area contributed by atoms with E-state index in [1.54, 1.807) is 49.4 Å². The maximum absolute atomic E-state index is 13.2. The van der Waals surface area contributed by atoms with Crippen molar-refractivity contribution < 1.29 is 19.1 Å². The molecule has 0 saturated heterocycles. The molecule has 0 bridgehead atoms. The van der Waals surface area contributed by atoms with Crippen molar-refractivity contribution in [3.8, 4) is 11.5 Å². The van der Waals surface area contributed by atoms with E-state index in [-0.39, 0.29) is 11.4 Å². The summed E-state index contributed by atoms with van der Waals surface area (Å²) in [6.45, 7) is 1.86. The third kappa shape index (κ3) is 9.87. The molecule has 12 heteroatoms. The zero-order valence-electron chi connectivity index (χ0n) is 23.2. The quantitative estimate of drug-likeness (QED) is 0.113. The number of hydrogen-bond acceptors (Lipinski definition) is 5. The van der Waals surface area contributed by atoms with Crippen LogP contribution in [0.15, 0.2) is 94.5 Å². The van der Waals surface area contributed by atoms with Crippen molar-refractivity contribution in [1.82, 2.24) is 10.7 Å². The lowest BCUT2D eigenvalue weighted by Gasteiger charge is -2.21. The minimum atomic E-state index is -0.946. The molecular weight excluding hydrogens is 712 g/mol. The Morgan fingerprint density at radius 1 is 0.841 bits per heavy atom. The number of nitrogens with one attached hydrogen (secondary N) is 2. The van der Waals surface area contributed by atoms with E-state index in [1.165, 1.54) is 12.3 Å².